The van der Waals surface area contributed by atoms with E-state index < -0.39 is 42.5 Å². The van der Waals surface area contributed by atoms with E-state index in [0.717, 1.165) is 4.90 Å². The summed E-state index contributed by atoms with van der Waals surface area (Å²) in [4.78, 5) is 49.4. The molecule has 0 aliphatic carbocycles. The molecule has 10 nitrogen and oxygen atoms in total. The van der Waals surface area contributed by atoms with Crippen molar-refractivity contribution in [2.45, 2.75) is 52.0 Å². The SMILES string of the molecule is CCCC1(CCC)NC(=O)N(CC(=O)OCC(=O)Nc2cc(C)on2)C1=O. The molecular weight excluding hydrogens is 356 g/mol. The number of nitrogens with one attached hydrogen (secondary N) is 2. The van der Waals surface area contributed by atoms with Gasteiger partial charge in [0.15, 0.2) is 12.4 Å². The van der Waals surface area contributed by atoms with Gasteiger partial charge in [0.05, 0.1) is 0 Å². The number of aromatic nitrogens is 1. The van der Waals surface area contributed by atoms with Gasteiger partial charge in [0, 0.05) is 6.07 Å². The number of hydrogen-bond acceptors (Lipinski definition) is 7. The molecular formula is C17H24N4O6. The van der Waals surface area contributed by atoms with Gasteiger partial charge in [-0.3, -0.25) is 19.3 Å². The Morgan fingerprint density at radius 3 is 2.52 bits per heavy atom. The first kappa shape index (κ1) is 20.4. The van der Waals surface area contributed by atoms with Gasteiger partial charge in [-0.15, -0.1) is 0 Å². The molecule has 2 rings (SSSR count). The van der Waals surface area contributed by atoms with Gasteiger partial charge >= 0.3 is 12.0 Å². The molecule has 27 heavy (non-hydrogen) atoms. The van der Waals surface area contributed by atoms with Crippen LogP contribution in [0.1, 0.15) is 45.3 Å². The van der Waals surface area contributed by atoms with Gasteiger partial charge in [-0.05, 0) is 19.8 Å². The van der Waals surface area contributed by atoms with Crippen LogP contribution in [0.15, 0.2) is 10.6 Å². The van der Waals surface area contributed by atoms with E-state index in [2.05, 4.69) is 15.8 Å². The first-order valence-corrected chi connectivity index (χ1v) is 8.84. The maximum absolute atomic E-state index is 12.7. The minimum absolute atomic E-state index is 0.201. The van der Waals surface area contributed by atoms with Crippen molar-refractivity contribution in [3.8, 4) is 0 Å². The average Bonchev–Trinajstić information content (AvgIpc) is 3.10. The maximum atomic E-state index is 12.7. The van der Waals surface area contributed by atoms with Crippen molar-refractivity contribution < 1.29 is 28.4 Å². The van der Waals surface area contributed by atoms with Crippen LogP contribution in [0.25, 0.3) is 0 Å². The Balaban J connectivity index is 1.88. The lowest BCUT2D eigenvalue weighted by molar-refractivity contribution is -0.150. The average molecular weight is 380 g/mol. The molecule has 1 aromatic heterocycles. The van der Waals surface area contributed by atoms with Gasteiger partial charge in [-0.1, -0.05) is 31.8 Å². The van der Waals surface area contributed by atoms with Crippen LogP contribution in [0.3, 0.4) is 0 Å². The Morgan fingerprint density at radius 1 is 1.30 bits per heavy atom. The summed E-state index contributed by atoms with van der Waals surface area (Å²) in [6.07, 6.45) is 2.42. The summed E-state index contributed by atoms with van der Waals surface area (Å²) >= 11 is 0. The fourth-order valence-electron chi connectivity index (χ4n) is 3.06. The quantitative estimate of drug-likeness (QED) is 0.488. The Morgan fingerprint density at radius 2 is 1.96 bits per heavy atom. The van der Waals surface area contributed by atoms with Gasteiger partial charge in [-0.25, -0.2) is 4.79 Å². The lowest BCUT2D eigenvalue weighted by Crippen LogP contribution is -2.47. The van der Waals surface area contributed by atoms with E-state index in [1.165, 1.54) is 6.07 Å². The number of hydrogen-bond donors (Lipinski definition) is 2. The number of imide groups is 1. The summed E-state index contributed by atoms with van der Waals surface area (Å²) in [5.41, 5.74) is -0.969. The second-order valence-electron chi connectivity index (χ2n) is 6.44. The molecule has 0 saturated carbocycles. The molecule has 1 aliphatic heterocycles. The molecule has 10 heteroatoms. The topological polar surface area (TPSA) is 131 Å². The predicted octanol–water partition coefficient (Wildman–Crippen LogP) is 1.36. The zero-order valence-corrected chi connectivity index (χ0v) is 15.7. The first-order valence-electron chi connectivity index (χ1n) is 8.84. The number of rotatable bonds is 9. The Bertz CT molecular complexity index is 723. The van der Waals surface area contributed by atoms with E-state index in [9.17, 15) is 19.2 Å². The standard InChI is InChI=1S/C17H24N4O6/c1-4-6-17(7-5-2)15(24)21(16(25)19-17)9-14(23)26-10-13(22)18-12-8-11(3)27-20-12/h8H,4-7,9-10H2,1-3H3,(H,19,25)(H,18,20,22). The fourth-order valence-corrected chi connectivity index (χ4v) is 3.06. The highest BCUT2D eigenvalue weighted by Gasteiger charge is 2.50. The van der Waals surface area contributed by atoms with Crippen LogP contribution in [-0.4, -0.2) is 52.6 Å². The fraction of sp³-hybridized carbons (Fsp3) is 0.588. The highest BCUT2D eigenvalue weighted by Crippen LogP contribution is 2.27. The number of aryl methyl sites for hydroxylation is 1. The van der Waals surface area contributed by atoms with Crippen molar-refractivity contribution in [2.75, 3.05) is 18.5 Å². The molecule has 1 fully saturated rings. The second-order valence-corrected chi connectivity index (χ2v) is 6.44. The summed E-state index contributed by atoms with van der Waals surface area (Å²) in [6.45, 7) is 4.39. The number of urea groups is 1. The molecule has 1 aliphatic rings. The second kappa shape index (κ2) is 8.65. The molecule has 0 aromatic carbocycles. The molecule has 0 atom stereocenters. The van der Waals surface area contributed by atoms with Crippen LogP contribution >= 0.6 is 0 Å². The third kappa shape index (κ3) is 4.83. The molecule has 2 heterocycles. The number of ether oxygens (including phenoxy) is 1. The lowest BCUT2D eigenvalue weighted by Gasteiger charge is -2.25. The molecule has 0 bridgehead atoms. The van der Waals surface area contributed by atoms with Crippen molar-refractivity contribution in [1.82, 2.24) is 15.4 Å². The Hall–Kier alpha value is -2.91. The van der Waals surface area contributed by atoms with Crippen molar-refractivity contribution in [3.63, 3.8) is 0 Å². The van der Waals surface area contributed by atoms with Crippen molar-refractivity contribution in [1.29, 1.82) is 0 Å². The smallest absolute Gasteiger partial charge is 0.326 e. The minimum Gasteiger partial charge on any atom is -0.454 e. The van der Waals surface area contributed by atoms with Crippen molar-refractivity contribution >= 4 is 29.6 Å². The minimum atomic E-state index is -0.969. The summed E-state index contributed by atoms with van der Waals surface area (Å²) in [5.74, 6) is -1.18. The monoisotopic (exact) mass is 380 g/mol. The van der Waals surface area contributed by atoms with Crippen LogP contribution < -0.4 is 10.6 Å². The summed E-state index contributed by atoms with van der Waals surface area (Å²) in [6, 6.07) is 0.884. The normalized spacial score (nSPS) is 15.6. The maximum Gasteiger partial charge on any atom is 0.326 e. The number of carbonyl (C=O) groups excluding carboxylic acids is 4. The number of anilines is 1. The molecule has 0 radical (unpaired) electrons. The van der Waals surface area contributed by atoms with E-state index in [0.29, 0.717) is 31.4 Å². The molecule has 1 saturated heterocycles. The molecule has 1 aromatic rings. The largest absolute Gasteiger partial charge is 0.454 e. The summed E-state index contributed by atoms with van der Waals surface area (Å²) in [5, 5.41) is 8.68. The third-order valence-corrected chi connectivity index (χ3v) is 4.15. The molecule has 148 valence electrons. The van der Waals surface area contributed by atoms with E-state index in [1.54, 1.807) is 6.92 Å². The molecule has 4 amide bonds. The zero-order chi connectivity index (χ0) is 20.0. The molecule has 0 unspecified atom stereocenters. The van der Waals surface area contributed by atoms with Crippen LogP contribution in [-0.2, 0) is 19.1 Å². The van der Waals surface area contributed by atoms with E-state index >= 15 is 0 Å². The molecule has 2 N–H and O–H groups in total. The number of esters is 1. The third-order valence-electron chi connectivity index (χ3n) is 4.15. The van der Waals surface area contributed by atoms with Crippen LogP contribution in [0.5, 0.6) is 0 Å². The highest BCUT2D eigenvalue weighted by atomic mass is 16.5. The number of nitrogens with zero attached hydrogens (tertiary/aromatic N) is 2. The Kier molecular flexibility index (Phi) is 6.54. The van der Waals surface area contributed by atoms with Gasteiger partial charge in [0.1, 0.15) is 17.8 Å². The summed E-state index contributed by atoms with van der Waals surface area (Å²) in [7, 11) is 0. The number of amides is 4. The summed E-state index contributed by atoms with van der Waals surface area (Å²) < 4.78 is 9.65. The van der Waals surface area contributed by atoms with Crippen molar-refractivity contribution in [3.05, 3.63) is 11.8 Å². The predicted molar refractivity (Wildman–Crippen MR) is 93.6 cm³/mol. The van der Waals surface area contributed by atoms with E-state index in [4.69, 9.17) is 9.26 Å². The van der Waals surface area contributed by atoms with E-state index in [-0.39, 0.29) is 5.82 Å². The van der Waals surface area contributed by atoms with Crippen LogP contribution in [0.4, 0.5) is 10.6 Å². The Labute approximate surface area is 156 Å². The lowest BCUT2D eigenvalue weighted by atomic mass is 9.88. The van der Waals surface area contributed by atoms with Gasteiger partial charge in [-0.2, -0.15) is 0 Å². The first-order chi connectivity index (χ1) is 12.8. The molecule has 0 spiro atoms. The van der Waals surface area contributed by atoms with E-state index in [1.807, 2.05) is 13.8 Å². The van der Waals surface area contributed by atoms with Crippen molar-refractivity contribution in [2.24, 2.45) is 0 Å². The zero-order valence-electron chi connectivity index (χ0n) is 15.7. The van der Waals surface area contributed by atoms with Crippen LogP contribution in [0, 0.1) is 6.92 Å². The van der Waals surface area contributed by atoms with Gasteiger partial charge < -0.3 is 19.9 Å². The van der Waals surface area contributed by atoms with Crippen LogP contribution in [0.2, 0.25) is 0 Å². The van der Waals surface area contributed by atoms with Gasteiger partial charge in [0.2, 0.25) is 0 Å². The number of carbonyl (C=O) groups is 4. The highest BCUT2D eigenvalue weighted by molar-refractivity contribution is 6.08. The van der Waals surface area contributed by atoms with Gasteiger partial charge in [0.25, 0.3) is 11.8 Å².